The third-order valence-corrected chi connectivity index (χ3v) is 8.48. The van der Waals surface area contributed by atoms with E-state index in [0.29, 0.717) is 0 Å². The topological polar surface area (TPSA) is 0 Å². The van der Waals surface area contributed by atoms with Gasteiger partial charge in [0, 0.05) is 8.80 Å². The molecule has 74 valence electrons. The van der Waals surface area contributed by atoms with Crippen molar-refractivity contribution in [1.82, 2.24) is 0 Å². The summed E-state index contributed by atoms with van der Waals surface area (Å²) in [6.07, 6.45) is 2.78. The molecule has 1 heteroatoms. The van der Waals surface area contributed by atoms with E-state index in [1.54, 1.807) is 0 Å². The maximum absolute atomic E-state index is 2.46. The Morgan fingerprint density at radius 2 is 1.17 bits per heavy atom. The van der Waals surface area contributed by atoms with Crippen LogP contribution in [0.15, 0.2) is 0 Å². The van der Waals surface area contributed by atoms with Crippen molar-refractivity contribution in [3.05, 3.63) is 0 Å². The maximum Gasteiger partial charge on any atom is 0.0450 e. The zero-order valence-electron chi connectivity index (χ0n) is 9.72. The molecule has 0 fully saturated rings. The lowest BCUT2D eigenvalue weighted by atomic mass is 10.3. The molecule has 0 radical (unpaired) electrons. The molecule has 0 saturated carbocycles. The van der Waals surface area contributed by atoms with E-state index in [0.717, 1.165) is 16.6 Å². The molecule has 0 aliphatic carbocycles. The van der Waals surface area contributed by atoms with Gasteiger partial charge in [0.15, 0.2) is 0 Å². The van der Waals surface area contributed by atoms with Crippen LogP contribution in [-0.2, 0) is 0 Å². The summed E-state index contributed by atoms with van der Waals surface area (Å²) in [4.78, 5) is 0. The average molecular weight is 186 g/mol. The van der Waals surface area contributed by atoms with Gasteiger partial charge in [0.05, 0.1) is 0 Å². The Labute approximate surface area is 80.4 Å². The fourth-order valence-corrected chi connectivity index (χ4v) is 7.26. The molecule has 2 atom stereocenters. The molecule has 12 heavy (non-hydrogen) atoms. The molecular formula is C11H26Si. The van der Waals surface area contributed by atoms with Gasteiger partial charge in [-0.05, 0) is 0 Å². The minimum absolute atomic E-state index is 0.495. The van der Waals surface area contributed by atoms with Gasteiger partial charge in [-0.25, -0.2) is 0 Å². The van der Waals surface area contributed by atoms with E-state index < -0.39 is 8.80 Å². The van der Waals surface area contributed by atoms with E-state index in [9.17, 15) is 0 Å². The highest BCUT2D eigenvalue weighted by molar-refractivity contribution is 6.63. The molecular weight excluding hydrogens is 160 g/mol. The van der Waals surface area contributed by atoms with Crippen molar-refractivity contribution in [2.75, 3.05) is 0 Å². The molecule has 0 heterocycles. The molecule has 0 aromatic rings. The second kappa shape index (κ2) is 5.79. The van der Waals surface area contributed by atoms with Gasteiger partial charge in [0.1, 0.15) is 0 Å². The van der Waals surface area contributed by atoms with Crippen molar-refractivity contribution in [3.8, 4) is 0 Å². The minimum Gasteiger partial charge on any atom is -0.0654 e. The van der Waals surface area contributed by atoms with Gasteiger partial charge >= 0.3 is 0 Å². The second-order valence-corrected chi connectivity index (χ2v) is 9.36. The van der Waals surface area contributed by atoms with Crippen LogP contribution in [0.4, 0.5) is 0 Å². The lowest BCUT2D eigenvalue weighted by molar-refractivity contribution is 0.749. The predicted octanol–water partition coefficient (Wildman–Crippen LogP) is 4.22. The Bertz CT molecular complexity index is 99.6. The number of hydrogen-bond donors (Lipinski definition) is 0. The number of rotatable bonds is 5. The molecule has 2 unspecified atom stereocenters. The van der Waals surface area contributed by atoms with Crippen LogP contribution >= 0.6 is 0 Å². The van der Waals surface area contributed by atoms with E-state index in [1.807, 2.05) is 0 Å². The molecule has 0 aliphatic heterocycles. The summed E-state index contributed by atoms with van der Waals surface area (Å²) >= 11 is 0. The molecule has 0 amide bonds. The molecule has 0 aromatic heterocycles. The van der Waals surface area contributed by atoms with Crippen molar-refractivity contribution < 1.29 is 0 Å². The van der Waals surface area contributed by atoms with Crippen LogP contribution in [0.3, 0.4) is 0 Å². The molecule has 0 N–H and O–H groups in total. The molecule has 0 aliphatic rings. The summed E-state index contributed by atoms with van der Waals surface area (Å²) in [5.41, 5.74) is 3.04. The fraction of sp³-hybridized carbons (Fsp3) is 1.00. The summed E-state index contributed by atoms with van der Waals surface area (Å²) in [6, 6.07) is 0. The molecule has 0 saturated heterocycles. The maximum atomic E-state index is 2.46. The van der Waals surface area contributed by atoms with E-state index in [-0.39, 0.29) is 0 Å². The monoisotopic (exact) mass is 186 g/mol. The standard InChI is InChI=1S/C11H26Si/c1-7-10(5)12(9(3)4)11(6)8-2/h9-12H,7-8H2,1-6H3. The summed E-state index contributed by atoms with van der Waals surface area (Å²) in [7, 11) is -0.495. The lowest BCUT2D eigenvalue weighted by Gasteiger charge is -2.30. The van der Waals surface area contributed by atoms with Crippen LogP contribution in [0.5, 0.6) is 0 Å². The highest BCUT2D eigenvalue weighted by Crippen LogP contribution is 2.33. The first-order valence-corrected chi connectivity index (χ1v) is 7.54. The van der Waals surface area contributed by atoms with Gasteiger partial charge in [0.2, 0.25) is 0 Å². The third kappa shape index (κ3) is 3.30. The van der Waals surface area contributed by atoms with Crippen molar-refractivity contribution in [2.24, 2.45) is 0 Å². The Balaban J connectivity index is 4.21. The van der Waals surface area contributed by atoms with Crippen LogP contribution < -0.4 is 0 Å². The molecule has 0 rings (SSSR count). The second-order valence-electron chi connectivity index (χ2n) is 4.59. The fourth-order valence-electron chi connectivity index (χ4n) is 2.42. The van der Waals surface area contributed by atoms with Crippen LogP contribution in [-0.4, -0.2) is 8.80 Å². The first kappa shape index (κ1) is 12.2. The highest BCUT2D eigenvalue weighted by Gasteiger charge is 2.25. The minimum atomic E-state index is -0.495. The Hall–Kier alpha value is 0.217. The van der Waals surface area contributed by atoms with Crippen molar-refractivity contribution in [3.63, 3.8) is 0 Å². The summed E-state index contributed by atoms with van der Waals surface area (Å²) in [5, 5.41) is 0. The van der Waals surface area contributed by atoms with Gasteiger partial charge in [-0.2, -0.15) is 0 Å². The molecule has 0 nitrogen and oxygen atoms in total. The Kier molecular flexibility index (Phi) is 5.90. The first-order valence-electron chi connectivity index (χ1n) is 5.54. The zero-order valence-corrected chi connectivity index (χ0v) is 10.9. The van der Waals surface area contributed by atoms with E-state index >= 15 is 0 Å². The highest BCUT2D eigenvalue weighted by atomic mass is 28.3. The van der Waals surface area contributed by atoms with Gasteiger partial charge in [-0.15, -0.1) is 0 Å². The SMILES string of the molecule is CCC(C)[SiH](C(C)C)C(C)CC. The summed E-state index contributed by atoms with van der Waals surface area (Å²) < 4.78 is 0. The summed E-state index contributed by atoms with van der Waals surface area (Å²) in [6.45, 7) is 14.5. The van der Waals surface area contributed by atoms with Gasteiger partial charge in [-0.3, -0.25) is 0 Å². The molecule has 0 aromatic carbocycles. The normalized spacial score (nSPS) is 19.2. The van der Waals surface area contributed by atoms with Crippen LogP contribution in [0.2, 0.25) is 16.6 Å². The summed E-state index contributed by atoms with van der Waals surface area (Å²) in [5.74, 6) is 0. The van der Waals surface area contributed by atoms with E-state index in [1.165, 1.54) is 12.8 Å². The van der Waals surface area contributed by atoms with Crippen molar-refractivity contribution in [2.45, 2.75) is 71.0 Å². The smallest absolute Gasteiger partial charge is 0.0450 e. The van der Waals surface area contributed by atoms with Crippen molar-refractivity contribution in [1.29, 1.82) is 0 Å². The molecule has 0 spiro atoms. The Morgan fingerprint density at radius 1 is 0.833 bits per heavy atom. The average Bonchev–Trinajstić information content (AvgIpc) is 2.03. The van der Waals surface area contributed by atoms with Gasteiger partial charge in [-0.1, -0.05) is 71.0 Å². The number of hydrogen-bond acceptors (Lipinski definition) is 0. The van der Waals surface area contributed by atoms with Gasteiger partial charge < -0.3 is 0 Å². The predicted molar refractivity (Wildman–Crippen MR) is 61.7 cm³/mol. The largest absolute Gasteiger partial charge is 0.0654 e. The Morgan fingerprint density at radius 3 is 1.33 bits per heavy atom. The zero-order chi connectivity index (χ0) is 9.72. The van der Waals surface area contributed by atoms with E-state index in [2.05, 4.69) is 41.5 Å². The van der Waals surface area contributed by atoms with Gasteiger partial charge in [0.25, 0.3) is 0 Å². The van der Waals surface area contributed by atoms with Crippen LogP contribution in [0, 0.1) is 0 Å². The third-order valence-electron chi connectivity index (χ3n) is 3.37. The van der Waals surface area contributed by atoms with E-state index in [4.69, 9.17) is 0 Å². The lowest BCUT2D eigenvalue weighted by Crippen LogP contribution is -2.26. The first-order chi connectivity index (χ1) is 5.54. The van der Waals surface area contributed by atoms with Crippen LogP contribution in [0.1, 0.15) is 54.4 Å². The van der Waals surface area contributed by atoms with Crippen LogP contribution in [0.25, 0.3) is 0 Å². The molecule has 0 bridgehead atoms. The van der Waals surface area contributed by atoms with Crippen molar-refractivity contribution >= 4 is 8.80 Å². The quantitative estimate of drug-likeness (QED) is 0.564.